The molecule has 5 heteroatoms. The van der Waals surface area contributed by atoms with E-state index in [1.807, 2.05) is 12.4 Å². The van der Waals surface area contributed by atoms with E-state index < -0.39 is 10.8 Å². The van der Waals surface area contributed by atoms with Crippen LogP contribution in [0.3, 0.4) is 0 Å². The van der Waals surface area contributed by atoms with Gasteiger partial charge in [0.25, 0.3) is 0 Å². The molecule has 2 rings (SSSR count). The summed E-state index contributed by atoms with van der Waals surface area (Å²) in [5, 5.41) is 3.54. The first-order valence-electron chi connectivity index (χ1n) is 6.83. The fourth-order valence-electron chi connectivity index (χ4n) is 2.50. The highest BCUT2D eigenvalue weighted by Crippen LogP contribution is 2.20. The molecule has 0 aliphatic heterocycles. The van der Waals surface area contributed by atoms with Crippen molar-refractivity contribution in [3.8, 4) is 0 Å². The molecule has 0 radical (unpaired) electrons. The Morgan fingerprint density at radius 2 is 2.22 bits per heavy atom. The van der Waals surface area contributed by atoms with Gasteiger partial charge in [0.15, 0.2) is 0 Å². The fourth-order valence-corrected chi connectivity index (χ4v) is 3.03. The van der Waals surface area contributed by atoms with Crippen LogP contribution in [-0.2, 0) is 17.3 Å². The van der Waals surface area contributed by atoms with Crippen LogP contribution in [0.1, 0.15) is 38.5 Å². The summed E-state index contributed by atoms with van der Waals surface area (Å²) in [5.74, 6) is 1.74. The normalized spacial score (nSPS) is 18.7. The third kappa shape index (κ3) is 4.12. The van der Waals surface area contributed by atoms with Crippen LogP contribution < -0.4 is 5.32 Å². The fraction of sp³-hybridized carbons (Fsp3) is 0.769. The number of aromatic nitrogens is 2. The van der Waals surface area contributed by atoms with Crippen LogP contribution in [0.25, 0.3) is 0 Å². The van der Waals surface area contributed by atoms with Crippen molar-refractivity contribution in [3.63, 3.8) is 0 Å². The molecule has 102 valence electrons. The number of aryl methyl sites for hydroxylation is 1. The zero-order valence-electron chi connectivity index (χ0n) is 11.1. The Balaban J connectivity index is 1.84. The van der Waals surface area contributed by atoms with Crippen molar-refractivity contribution < 1.29 is 4.21 Å². The maximum atomic E-state index is 11.0. The predicted octanol–water partition coefficient (Wildman–Crippen LogP) is 2.40. The van der Waals surface area contributed by atoms with Crippen molar-refractivity contribution in [1.29, 1.82) is 0 Å². The molecule has 1 saturated carbocycles. The lowest BCUT2D eigenvalue weighted by Crippen LogP contribution is -2.24. The highest BCUT2D eigenvalue weighted by molar-refractivity contribution is 7.84. The quantitative estimate of drug-likeness (QED) is 0.862. The number of nitrogens with one attached hydrogen (secondary N) is 1. The van der Waals surface area contributed by atoms with Gasteiger partial charge in [-0.3, -0.25) is 4.21 Å². The molecule has 1 aliphatic carbocycles. The Hall–Kier alpha value is -0.840. The van der Waals surface area contributed by atoms with Gasteiger partial charge < -0.3 is 9.88 Å². The summed E-state index contributed by atoms with van der Waals surface area (Å²) < 4.78 is 13.2. The minimum atomic E-state index is -0.694. The second-order valence-electron chi connectivity index (χ2n) is 5.05. The minimum absolute atomic E-state index is 0.584. The van der Waals surface area contributed by atoms with Crippen LogP contribution in [0.2, 0.25) is 0 Å². The molecule has 1 aliphatic rings. The predicted molar refractivity (Wildman–Crippen MR) is 76.3 cm³/mol. The number of nitrogens with zero attached hydrogens (tertiary/aromatic N) is 2. The smallest absolute Gasteiger partial charge is 0.202 e. The molecule has 0 spiro atoms. The SMILES string of the molecule is CS(=O)CCCn1ccnc1NC1CCCCC1. The van der Waals surface area contributed by atoms with Crippen LogP contribution in [0.15, 0.2) is 12.4 Å². The van der Waals surface area contributed by atoms with Gasteiger partial charge in [-0.25, -0.2) is 4.98 Å². The van der Waals surface area contributed by atoms with Gasteiger partial charge >= 0.3 is 0 Å². The molecule has 18 heavy (non-hydrogen) atoms. The first-order valence-corrected chi connectivity index (χ1v) is 8.56. The van der Waals surface area contributed by atoms with Crippen LogP contribution in [-0.4, -0.2) is 31.8 Å². The first-order chi connectivity index (χ1) is 8.75. The Bertz CT molecular complexity index is 385. The number of hydrogen-bond acceptors (Lipinski definition) is 3. The monoisotopic (exact) mass is 269 g/mol. The summed E-state index contributed by atoms with van der Waals surface area (Å²) in [6, 6.07) is 0.584. The maximum Gasteiger partial charge on any atom is 0.202 e. The summed E-state index contributed by atoms with van der Waals surface area (Å²) in [4.78, 5) is 4.38. The average molecular weight is 269 g/mol. The van der Waals surface area contributed by atoms with Crippen LogP contribution >= 0.6 is 0 Å². The van der Waals surface area contributed by atoms with Gasteiger partial charge in [0.1, 0.15) is 0 Å². The largest absolute Gasteiger partial charge is 0.353 e. The molecule has 1 unspecified atom stereocenters. The Morgan fingerprint density at radius 3 is 2.94 bits per heavy atom. The molecule has 0 bridgehead atoms. The van der Waals surface area contributed by atoms with E-state index in [4.69, 9.17) is 0 Å². The molecule has 1 atom stereocenters. The zero-order valence-corrected chi connectivity index (χ0v) is 11.9. The molecule has 1 N–H and O–H groups in total. The van der Waals surface area contributed by atoms with E-state index in [2.05, 4.69) is 14.9 Å². The average Bonchev–Trinajstić information content (AvgIpc) is 2.78. The third-order valence-electron chi connectivity index (χ3n) is 3.48. The zero-order chi connectivity index (χ0) is 12.8. The molecule has 1 fully saturated rings. The molecule has 0 saturated heterocycles. The van der Waals surface area contributed by atoms with Crippen molar-refractivity contribution in [1.82, 2.24) is 9.55 Å². The summed E-state index contributed by atoms with van der Waals surface area (Å²) in [7, 11) is -0.694. The molecule has 1 aromatic heterocycles. The highest BCUT2D eigenvalue weighted by Gasteiger charge is 2.14. The standard InChI is InChI=1S/C13H23N3OS/c1-18(17)11-5-9-16-10-8-14-13(16)15-12-6-3-2-4-7-12/h8,10,12H,2-7,9,11H2,1H3,(H,14,15). The van der Waals surface area contributed by atoms with Gasteiger partial charge in [-0.1, -0.05) is 19.3 Å². The second kappa shape index (κ2) is 6.92. The molecular formula is C13H23N3OS. The number of rotatable bonds is 6. The molecule has 1 heterocycles. The number of anilines is 1. The Kier molecular flexibility index (Phi) is 5.23. The number of hydrogen-bond donors (Lipinski definition) is 1. The minimum Gasteiger partial charge on any atom is -0.353 e. The van der Waals surface area contributed by atoms with E-state index in [1.54, 1.807) is 6.26 Å². The van der Waals surface area contributed by atoms with Gasteiger partial charge in [0, 0.05) is 47.8 Å². The summed E-state index contributed by atoms with van der Waals surface area (Å²) in [6.45, 7) is 0.897. The van der Waals surface area contributed by atoms with Gasteiger partial charge in [-0.2, -0.15) is 0 Å². The van der Waals surface area contributed by atoms with Crippen molar-refractivity contribution in [2.45, 2.75) is 51.1 Å². The summed E-state index contributed by atoms with van der Waals surface area (Å²) in [5.41, 5.74) is 0. The van der Waals surface area contributed by atoms with E-state index >= 15 is 0 Å². The summed E-state index contributed by atoms with van der Waals surface area (Å²) >= 11 is 0. The van der Waals surface area contributed by atoms with E-state index in [1.165, 1.54) is 32.1 Å². The lowest BCUT2D eigenvalue weighted by molar-refractivity contribution is 0.458. The molecule has 0 amide bonds. The van der Waals surface area contributed by atoms with Gasteiger partial charge in [0.2, 0.25) is 5.95 Å². The maximum absolute atomic E-state index is 11.0. The van der Waals surface area contributed by atoms with Gasteiger partial charge in [-0.05, 0) is 19.3 Å². The summed E-state index contributed by atoms with van der Waals surface area (Å²) in [6.07, 6.45) is 13.1. The molecular weight excluding hydrogens is 246 g/mol. The third-order valence-corrected chi connectivity index (χ3v) is 4.35. The Morgan fingerprint density at radius 1 is 1.44 bits per heavy atom. The van der Waals surface area contributed by atoms with Gasteiger partial charge in [0.05, 0.1) is 0 Å². The molecule has 4 nitrogen and oxygen atoms in total. The van der Waals surface area contributed by atoms with Crippen molar-refractivity contribution in [2.24, 2.45) is 0 Å². The first kappa shape index (κ1) is 13.6. The van der Waals surface area contributed by atoms with Crippen LogP contribution in [0, 0.1) is 0 Å². The second-order valence-corrected chi connectivity index (χ2v) is 6.61. The van der Waals surface area contributed by atoms with Crippen LogP contribution in [0.5, 0.6) is 0 Å². The van der Waals surface area contributed by atoms with E-state index in [0.29, 0.717) is 6.04 Å². The highest BCUT2D eigenvalue weighted by atomic mass is 32.2. The van der Waals surface area contributed by atoms with Crippen LogP contribution in [0.4, 0.5) is 5.95 Å². The topological polar surface area (TPSA) is 46.9 Å². The number of imidazole rings is 1. The van der Waals surface area contributed by atoms with E-state index in [0.717, 1.165) is 24.7 Å². The Labute approximate surface area is 112 Å². The lowest BCUT2D eigenvalue weighted by Gasteiger charge is -2.23. The molecule has 0 aromatic carbocycles. The van der Waals surface area contributed by atoms with E-state index in [9.17, 15) is 4.21 Å². The van der Waals surface area contributed by atoms with Crippen molar-refractivity contribution in [2.75, 3.05) is 17.3 Å². The van der Waals surface area contributed by atoms with Crippen molar-refractivity contribution >= 4 is 16.7 Å². The lowest BCUT2D eigenvalue weighted by atomic mass is 9.96. The van der Waals surface area contributed by atoms with Crippen molar-refractivity contribution in [3.05, 3.63) is 12.4 Å². The van der Waals surface area contributed by atoms with Gasteiger partial charge in [-0.15, -0.1) is 0 Å². The van der Waals surface area contributed by atoms with E-state index in [-0.39, 0.29) is 0 Å². The molecule has 1 aromatic rings.